The lowest BCUT2D eigenvalue weighted by atomic mass is 9.97. The number of rotatable bonds is 7. The fourth-order valence-corrected chi connectivity index (χ4v) is 2.18. The summed E-state index contributed by atoms with van der Waals surface area (Å²) in [5, 5.41) is 3.45. The molecule has 0 aromatic heterocycles. The lowest BCUT2D eigenvalue weighted by Crippen LogP contribution is -2.39. The van der Waals surface area contributed by atoms with Gasteiger partial charge in [0.05, 0.1) is 12.7 Å². The highest BCUT2D eigenvalue weighted by Gasteiger charge is 2.18. The van der Waals surface area contributed by atoms with Crippen LogP contribution in [0.3, 0.4) is 0 Å². The molecule has 3 heteroatoms. The number of piperidine rings is 1. The Morgan fingerprint density at radius 2 is 2.00 bits per heavy atom. The van der Waals surface area contributed by atoms with Gasteiger partial charge < -0.3 is 15.0 Å². The average molecular weight is 228 g/mol. The van der Waals surface area contributed by atoms with Crippen molar-refractivity contribution in [3.63, 3.8) is 0 Å². The first-order valence-electron chi connectivity index (χ1n) is 6.77. The van der Waals surface area contributed by atoms with E-state index in [-0.39, 0.29) is 0 Å². The molecule has 0 bridgehead atoms. The van der Waals surface area contributed by atoms with Crippen molar-refractivity contribution in [1.82, 2.24) is 10.2 Å². The molecule has 0 aromatic rings. The molecule has 0 radical (unpaired) electrons. The highest BCUT2D eigenvalue weighted by molar-refractivity contribution is 4.73. The minimum Gasteiger partial charge on any atom is -0.377 e. The van der Waals surface area contributed by atoms with Crippen LogP contribution in [0.5, 0.6) is 0 Å². The second-order valence-electron chi connectivity index (χ2n) is 5.01. The molecule has 1 fully saturated rings. The van der Waals surface area contributed by atoms with Crippen LogP contribution < -0.4 is 5.32 Å². The Morgan fingerprint density at radius 1 is 1.31 bits per heavy atom. The Labute approximate surface area is 101 Å². The van der Waals surface area contributed by atoms with Gasteiger partial charge in [-0.3, -0.25) is 0 Å². The molecule has 0 aromatic carbocycles. The van der Waals surface area contributed by atoms with Crippen LogP contribution in [0.2, 0.25) is 0 Å². The van der Waals surface area contributed by atoms with E-state index >= 15 is 0 Å². The van der Waals surface area contributed by atoms with Gasteiger partial charge in [0.25, 0.3) is 0 Å². The van der Waals surface area contributed by atoms with Crippen molar-refractivity contribution < 1.29 is 4.74 Å². The molecule has 1 saturated heterocycles. The predicted octanol–water partition coefficient (Wildman–Crippen LogP) is 1.73. The first-order valence-corrected chi connectivity index (χ1v) is 6.77. The number of hydrogen-bond acceptors (Lipinski definition) is 3. The van der Waals surface area contributed by atoms with Crippen LogP contribution in [0.15, 0.2) is 0 Å². The normalized spacial score (nSPS) is 19.5. The molecular formula is C13H28N2O. The SMILES string of the molecule is CCNCC1CCN(CCOC(C)C)CC1. The number of nitrogens with zero attached hydrogens (tertiary/aromatic N) is 1. The summed E-state index contributed by atoms with van der Waals surface area (Å²) in [7, 11) is 0. The van der Waals surface area contributed by atoms with Crippen LogP contribution in [0.25, 0.3) is 0 Å². The van der Waals surface area contributed by atoms with Gasteiger partial charge in [-0.15, -0.1) is 0 Å². The van der Waals surface area contributed by atoms with E-state index in [0.29, 0.717) is 6.10 Å². The molecule has 0 unspecified atom stereocenters. The van der Waals surface area contributed by atoms with Crippen molar-refractivity contribution >= 4 is 0 Å². The largest absolute Gasteiger partial charge is 0.377 e. The molecule has 3 nitrogen and oxygen atoms in total. The molecular weight excluding hydrogens is 200 g/mol. The topological polar surface area (TPSA) is 24.5 Å². The van der Waals surface area contributed by atoms with Gasteiger partial charge in [-0.2, -0.15) is 0 Å². The fourth-order valence-electron chi connectivity index (χ4n) is 2.18. The minimum absolute atomic E-state index is 0.367. The molecule has 0 amide bonds. The lowest BCUT2D eigenvalue weighted by Gasteiger charge is -2.32. The van der Waals surface area contributed by atoms with Crippen LogP contribution in [0, 0.1) is 5.92 Å². The number of ether oxygens (including phenoxy) is 1. The van der Waals surface area contributed by atoms with E-state index in [1.165, 1.54) is 32.5 Å². The van der Waals surface area contributed by atoms with E-state index in [9.17, 15) is 0 Å². The molecule has 1 aliphatic rings. The van der Waals surface area contributed by atoms with Crippen molar-refractivity contribution in [2.24, 2.45) is 5.92 Å². The molecule has 96 valence electrons. The molecule has 1 heterocycles. The summed E-state index contributed by atoms with van der Waals surface area (Å²) in [5.74, 6) is 0.891. The third-order valence-corrected chi connectivity index (χ3v) is 3.25. The van der Waals surface area contributed by atoms with Crippen molar-refractivity contribution in [3.05, 3.63) is 0 Å². The first-order chi connectivity index (χ1) is 7.72. The molecule has 0 saturated carbocycles. The highest BCUT2D eigenvalue weighted by atomic mass is 16.5. The minimum atomic E-state index is 0.367. The molecule has 1 N–H and O–H groups in total. The predicted molar refractivity (Wildman–Crippen MR) is 68.8 cm³/mol. The molecule has 0 aliphatic carbocycles. The van der Waals surface area contributed by atoms with Gasteiger partial charge in [0.2, 0.25) is 0 Å². The standard InChI is InChI=1S/C13H28N2O/c1-4-14-11-13-5-7-15(8-6-13)9-10-16-12(2)3/h12-14H,4-11H2,1-3H3. The summed E-state index contributed by atoms with van der Waals surface area (Å²) in [6, 6.07) is 0. The van der Waals surface area contributed by atoms with E-state index in [4.69, 9.17) is 4.74 Å². The molecule has 0 atom stereocenters. The summed E-state index contributed by atoms with van der Waals surface area (Å²) >= 11 is 0. The Morgan fingerprint density at radius 3 is 2.56 bits per heavy atom. The summed E-state index contributed by atoms with van der Waals surface area (Å²) in [6.07, 6.45) is 3.05. The molecule has 16 heavy (non-hydrogen) atoms. The zero-order valence-corrected chi connectivity index (χ0v) is 11.2. The van der Waals surface area contributed by atoms with Gasteiger partial charge in [-0.25, -0.2) is 0 Å². The van der Waals surface area contributed by atoms with Crippen LogP contribution in [0.1, 0.15) is 33.6 Å². The third-order valence-electron chi connectivity index (χ3n) is 3.25. The zero-order chi connectivity index (χ0) is 11.8. The van der Waals surface area contributed by atoms with Crippen LogP contribution in [-0.4, -0.2) is 50.3 Å². The monoisotopic (exact) mass is 228 g/mol. The summed E-state index contributed by atoms with van der Waals surface area (Å²) in [6.45, 7) is 13.2. The molecule has 1 rings (SSSR count). The van der Waals surface area contributed by atoms with E-state index in [2.05, 4.69) is 31.0 Å². The van der Waals surface area contributed by atoms with Gasteiger partial charge in [-0.05, 0) is 58.8 Å². The van der Waals surface area contributed by atoms with E-state index in [1.807, 2.05) is 0 Å². The Kier molecular flexibility index (Phi) is 7.01. The van der Waals surface area contributed by atoms with Crippen molar-refractivity contribution in [3.8, 4) is 0 Å². The third kappa shape index (κ3) is 5.83. The highest BCUT2D eigenvalue weighted by Crippen LogP contribution is 2.15. The number of hydrogen-bond donors (Lipinski definition) is 1. The smallest absolute Gasteiger partial charge is 0.0596 e. The molecule has 1 aliphatic heterocycles. The van der Waals surface area contributed by atoms with Crippen molar-refractivity contribution in [2.75, 3.05) is 39.3 Å². The Bertz CT molecular complexity index is 165. The van der Waals surface area contributed by atoms with Gasteiger partial charge >= 0.3 is 0 Å². The average Bonchev–Trinajstić information content (AvgIpc) is 2.27. The Hall–Kier alpha value is -0.120. The quantitative estimate of drug-likeness (QED) is 0.718. The molecule has 0 spiro atoms. The summed E-state index contributed by atoms with van der Waals surface area (Å²) in [5.41, 5.74) is 0. The maximum absolute atomic E-state index is 5.58. The summed E-state index contributed by atoms with van der Waals surface area (Å²) in [4.78, 5) is 2.53. The van der Waals surface area contributed by atoms with Gasteiger partial charge in [0.1, 0.15) is 0 Å². The second-order valence-corrected chi connectivity index (χ2v) is 5.01. The summed E-state index contributed by atoms with van der Waals surface area (Å²) < 4.78 is 5.58. The van der Waals surface area contributed by atoms with Gasteiger partial charge in [0, 0.05) is 6.54 Å². The maximum Gasteiger partial charge on any atom is 0.0596 e. The van der Waals surface area contributed by atoms with Gasteiger partial charge in [-0.1, -0.05) is 6.92 Å². The van der Waals surface area contributed by atoms with E-state index in [1.54, 1.807) is 0 Å². The van der Waals surface area contributed by atoms with Crippen LogP contribution >= 0.6 is 0 Å². The van der Waals surface area contributed by atoms with Gasteiger partial charge in [0.15, 0.2) is 0 Å². The van der Waals surface area contributed by atoms with Crippen LogP contribution in [0.4, 0.5) is 0 Å². The van der Waals surface area contributed by atoms with E-state index < -0.39 is 0 Å². The Balaban J connectivity index is 2.03. The van der Waals surface area contributed by atoms with Crippen molar-refractivity contribution in [2.45, 2.75) is 39.7 Å². The van der Waals surface area contributed by atoms with Crippen molar-refractivity contribution in [1.29, 1.82) is 0 Å². The van der Waals surface area contributed by atoms with Crippen LogP contribution in [-0.2, 0) is 4.74 Å². The second kappa shape index (κ2) is 8.04. The lowest BCUT2D eigenvalue weighted by molar-refractivity contribution is 0.0508. The number of nitrogens with one attached hydrogen (secondary N) is 1. The number of likely N-dealkylation sites (tertiary alicyclic amines) is 1. The zero-order valence-electron chi connectivity index (χ0n) is 11.2. The van der Waals surface area contributed by atoms with E-state index in [0.717, 1.165) is 25.6 Å². The maximum atomic E-state index is 5.58. The first kappa shape index (κ1) is 13.9. The fraction of sp³-hybridized carbons (Fsp3) is 1.00.